The van der Waals surface area contributed by atoms with Gasteiger partial charge < -0.3 is 44.8 Å². The first-order valence-electron chi connectivity index (χ1n) is 20.1. The predicted octanol–water partition coefficient (Wildman–Crippen LogP) is 4.55. The minimum atomic E-state index is -1.78. The first kappa shape index (κ1) is 38.0. The number of rotatable bonds is 6. The minimum Gasteiger partial charge on any atom is -0.481 e. The van der Waals surface area contributed by atoms with Gasteiger partial charge in [-0.25, -0.2) is 4.79 Å². The summed E-state index contributed by atoms with van der Waals surface area (Å²) in [5, 5.41) is 65.5. The summed E-state index contributed by atoms with van der Waals surface area (Å²) in [4.78, 5) is 25.8. The number of aliphatic carboxylic acids is 2. The Labute approximate surface area is 313 Å². The number of aliphatic hydroxyl groups is 4. The number of aliphatic hydroxyl groups excluding tert-OH is 4. The van der Waals surface area contributed by atoms with Crippen LogP contribution in [0.4, 0.5) is 0 Å². The minimum absolute atomic E-state index is 0.102. The molecule has 0 unspecified atom stereocenters. The fraction of sp³-hybridized carbons (Fsp3) is 0.857. The van der Waals surface area contributed by atoms with Crippen molar-refractivity contribution in [3.05, 3.63) is 23.8 Å². The normalized spacial score (nSPS) is 56.2. The number of carbonyl (C=O) groups is 2. The molecule has 11 heteroatoms. The highest BCUT2D eigenvalue weighted by atomic mass is 16.7. The predicted molar refractivity (Wildman–Crippen MR) is 192 cm³/mol. The Morgan fingerprint density at radius 1 is 0.925 bits per heavy atom. The molecule has 6 fully saturated rings. The second-order valence-corrected chi connectivity index (χ2v) is 20.3. The van der Waals surface area contributed by atoms with E-state index in [0.29, 0.717) is 38.2 Å². The highest BCUT2D eigenvalue weighted by Crippen LogP contribution is 2.82. The van der Waals surface area contributed by atoms with Crippen molar-refractivity contribution in [1.82, 2.24) is 0 Å². The third kappa shape index (κ3) is 4.42. The fourth-order valence-corrected chi connectivity index (χ4v) is 15.7. The number of hydrogen-bond acceptors (Lipinski definition) is 9. The van der Waals surface area contributed by atoms with Crippen LogP contribution in [0, 0.1) is 67.5 Å². The molecule has 8 aliphatic rings. The van der Waals surface area contributed by atoms with Crippen molar-refractivity contribution in [2.45, 2.75) is 142 Å². The Morgan fingerprint density at radius 3 is 2.30 bits per heavy atom. The molecule has 18 atom stereocenters. The molecule has 1 saturated heterocycles. The molecule has 1 aliphatic heterocycles. The molecular weight excluding hydrogens is 680 g/mol. The molecule has 1 spiro atoms. The average Bonchev–Trinajstić information content (AvgIpc) is 3.07. The van der Waals surface area contributed by atoms with E-state index in [0.717, 1.165) is 37.7 Å². The van der Waals surface area contributed by atoms with Crippen LogP contribution >= 0.6 is 0 Å². The highest BCUT2D eigenvalue weighted by Gasteiger charge is 2.79. The summed E-state index contributed by atoms with van der Waals surface area (Å²) in [6.45, 7) is 14.2. The van der Waals surface area contributed by atoms with Crippen molar-refractivity contribution in [2.75, 3.05) is 13.7 Å². The van der Waals surface area contributed by atoms with Crippen LogP contribution in [0.25, 0.3) is 0 Å². The van der Waals surface area contributed by atoms with Gasteiger partial charge in [-0.05, 0) is 109 Å². The van der Waals surface area contributed by atoms with Gasteiger partial charge in [-0.15, -0.1) is 0 Å². The van der Waals surface area contributed by atoms with E-state index in [4.69, 9.17) is 14.2 Å². The van der Waals surface area contributed by atoms with Crippen LogP contribution in [-0.4, -0.2) is 99.2 Å². The van der Waals surface area contributed by atoms with E-state index in [9.17, 15) is 40.2 Å². The van der Waals surface area contributed by atoms with Gasteiger partial charge in [-0.2, -0.15) is 0 Å². The van der Waals surface area contributed by atoms with E-state index in [1.807, 2.05) is 0 Å². The van der Waals surface area contributed by atoms with Crippen molar-refractivity contribution in [3.8, 4) is 0 Å². The summed E-state index contributed by atoms with van der Waals surface area (Å²) in [6.07, 6.45) is 4.19. The Bertz CT molecular complexity index is 1610. The molecule has 7 aliphatic carbocycles. The number of carboxylic acids is 2. The standard InChI is InChI=1S/C42H62O11/c1-36(2)24-11-14-39(5)31-21(9-10-22(40(24,31)6)18-26(36)52-33-29(45)27(43)28(44)30(53-33)32(46)47)17-25-38(39,4)15-16-41(35(49)50)23(20-51-7)19-37(3)12-8-13-42(25,41)34(37)48/h8,13,17,21-24,26-31,33-34,43-45,48H,9-12,14-16,18-20H2,1-7H3,(H,46,47)(H,49,50)/t21-,22+,23+,24+,26+,27+,28+,29-,30+,31+,33-,34-,37+,38-,39-,40+,41+,42-/m1/s1. The van der Waals surface area contributed by atoms with Gasteiger partial charge in [-0.1, -0.05) is 65.3 Å². The SMILES string of the molecule is COC[C@@H]1C[C@]2(C)CC=C[C@@]3(C4=C[C@H]5CC[C@H]6C[C@H](O[C@@H]7O[C@H](C(=O)O)[C@@H](O)[C@H](O)[C@H]7O)C(C)(C)[C@@H]7CC[C@](C)([C@H]5[C@@]67C)[C@]4(C)CC[C@@]13C(=O)O)[C@@H]2O. The summed E-state index contributed by atoms with van der Waals surface area (Å²) >= 11 is 0. The molecule has 296 valence electrons. The number of fused-ring (bicyclic) bond motifs is 3. The van der Waals surface area contributed by atoms with E-state index in [1.165, 1.54) is 0 Å². The topological polar surface area (TPSA) is 183 Å². The lowest BCUT2D eigenvalue weighted by Crippen LogP contribution is -2.75. The number of allylic oxidation sites excluding steroid dienone is 2. The Kier molecular flexibility index (Phi) is 8.49. The second-order valence-electron chi connectivity index (χ2n) is 20.3. The Morgan fingerprint density at radius 2 is 1.64 bits per heavy atom. The Hall–Kier alpha value is -1.86. The zero-order valence-corrected chi connectivity index (χ0v) is 32.5. The summed E-state index contributed by atoms with van der Waals surface area (Å²) in [5.41, 5.74) is -2.59. The number of ether oxygens (including phenoxy) is 3. The van der Waals surface area contributed by atoms with Crippen molar-refractivity contribution in [1.29, 1.82) is 0 Å². The maximum atomic E-state index is 13.9. The van der Waals surface area contributed by atoms with E-state index < -0.39 is 76.5 Å². The van der Waals surface area contributed by atoms with Crippen molar-refractivity contribution in [3.63, 3.8) is 0 Å². The van der Waals surface area contributed by atoms with Gasteiger partial charge in [0, 0.05) is 13.0 Å². The lowest BCUT2D eigenvalue weighted by Gasteiger charge is -2.77. The molecule has 0 aromatic rings. The first-order chi connectivity index (χ1) is 24.7. The molecule has 0 aromatic heterocycles. The van der Waals surface area contributed by atoms with Crippen LogP contribution in [0.3, 0.4) is 0 Å². The molecule has 53 heavy (non-hydrogen) atoms. The largest absolute Gasteiger partial charge is 0.481 e. The molecule has 1 heterocycles. The summed E-state index contributed by atoms with van der Waals surface area (Å²) < 4.78 is 17.9. The van der Waals surface area contributed by atoms with Gasteiger partial charge in [0.1, 0.15) is 18.3 Å². The zero-order chi connectivity index (χ0) is 38.5. The molecule has 6 N–H and O–H groups in total. The van der Waals surface area contributed by atoms with Crippen LogP contribution in [-0.2, 0) is 23.8 Å². The first-order valence-corrected chi connectivity index (χ1v) is 20.1. The van der Waals surface area contributed by atoms with Crippen molar-refractivity contribution in [2.24, 2.45) is 67.5 Å². The van der Waals surface area contributed by atoms with Crippen molar-refractivity contribution >= 4 is 11.9 Å². The third-order valence-corrected chi connectivity index (χ3v) is 18.2. The molecule has 5 saturated carbocycles. The summed E-state index contributed by atoms with van der Waals surface area (Å²) in [6, 6.07) is 0. The number of carboxylic acid groups (broad SMARTS) is 2. The van der Waals surface area contributed by atoms with E-state index in [2.05, 4.69) is 59.8 Å². The third-order valence-electron chi connectivity index (χ3n) is 18.2. The van der Waals surface area contributed by atoms with Crippen molar-refractivity contribution < 1.29 is 54.4 Å². The van der Waals surface area contributed by atoms with Crippen LogP contribution in [0.5, 0.6) is 0 Å². The van der Waals surface area contributed by atoms with Crippen LogP contribution in [0.2, 0.25) is 0 Å². The van der Waals surface area contributed by atoms with E-state index in [-0.39, 0.29) is 39.9 Å². The molecular formula is C42H62O11. The second kappa shape index (κ2) is 11.8. The van der Waals surface area contributed by atoms with Crippen LogP contribution in [0.15, 0.2) is 23.8 Å². The molecule has 0 amide bonds. The lowest BCUT2D eigenvalue weighted by molar-refractivity contribution is -0.333. The van der Waals surface area contributed by atoms with Crippen LogP contribution < -0.4 is 0 Å². The maximum Gasteiger partial charge on any atom is 0.335 e. The van der Waals surface area contributed by atoms with Gasteiger partial charge in [0.05, 0.1) is 29.6 Å². The van der Waals surface area contributed by atoms with Gasteiger partial charge in [0.2, 0.25) is 0 Å². The average molecular weight is 743 g/mol. The Balaban J connectivity index is 1.20. The van der Waals surface area contributed by atoms with E-state index >= 15 is 0 Å². The van der Waals surface area contributed by atoms with Gasteiger partial charge >= 0.3 is 11.9 Å². The van der Waals surface area contributed by atoms with Gasteiger partial charge in [0.15, 0.2) is 12.4 Å². The van der Waals surface area contributed by atoms with E-state index in [1.54, 1.807) is 7.11 Å². The maximum absolute atomic E-state index is 13.9. The zero-order valence-electron chi connectivity index (χ0n) is 32.5. The summed E-state index contributed by atoms with van der Waals surface area (Å²) in [7, 11) is 1.66. The quantitative estimate of drug-likeness (QED) is 0.166. The van der Waals surface area contributed by atoms with Gasteiger partial charge in [-0.3, -0.25) is 4.79 Å². The lowest BCUT2D eigenvalue weighted by atomic mass is 9.26. The molecule has 2 bridgehead atoms. The highest BCUT2D eigenvalue weighted by molar-refractivity contribution is 5.80. The fourth-order valence-electron chi connectivity index (χ4n) is 15.7. The molecule has 8 rings (SSSR count). The van der Waals surface area contributed by atoms with Gasteiger partial charge in [0.25, 0.3) is 0 Å². The summed E-state index contributed by atoms with van der Waals surface area (Å²) in [5.74, 6) is -1.51. The molecule has 0 aromatic carbocycles. The molecule has 11 nitrogen and oxygen atoms in total. The van der Waals surface area contributed by atoms with Crippen LogP contribution in [0.1, 0.15) is 99.3 Å². The monoisotopic (exact) mass is 742 g/mol. The molecule has 0 radical (unpaired) electrons. The number of methoxy groups -OCH3 is 1. The smallest absolute Gasteiger partial charge is 0.335 e. The number of hydrogen-bond donors (Lipinski definition) is 6.